The van der Waals surface area contributed by atoms with Crippen molar-refractivity contribution in [3.63, 3.8) is 0 Å². The summed E-state index contributed by atoms with van der Waals surface area (Å²) >= 11 is 12.0. The Labute approximate surface area is 166 Å². The van der Waals surface area contributed by atoms with Crippen molar-refractivity contribution >= 4 is 56.5 Å². The largest absolute Gasteiger partial charge is 0.465 e. The number of para-hydroxylation sites is 1. The minimum atomic E-state index is -3.84. The van der Waals surface area contributed by atoms with Gasteiger partial charge >= 0.3 is 5.97 Å². The van der Waals surface area contributed by atoms with Crippen molar-refractivity contribution in [1.29, 1.82) is 0 Å². The van der Waals surface area contributed by atoms with Crippen molar-refractivity contribution in [3.05, 3.63) is 58.1 Å². The zero-order valence-electron chi connectivity index (χ0n) is 14.4. The number of hydrogen-bond donors (Lipinski definition) is 1. The zero-order chi connectivity index (χ0) is 20.2. The van der Waals surface area contributed by atoms with E-state index < -0.39 is 28.4 Å². The summed E-state index contributed by atoms with van der Waals surface area (Å²) < 4.78 is 29.8. The molecule has 2 aromatic carbocycles. The van der Waals surface area contributed by atoms with E-state index in [4.69, 9.17) is 23.2 Å². The maximum absolute atomic E-state index is 12.5. The van der Waals surface area contributed by atoms with E-state index in [0.29, 0.717) is 0 Å². The lowest BCUT2D eigenvalue weighted by molar-refractivity contribution is -0.114. The molecule has 0 aliphatic heterocycles. The second-order valence-corrected chi connectivity index (χ2v) is 8.12. The first kappa shape index (κ1) is 21.0. The number of carbonyl (C=O) groups is 2. The monoisotopic (exact) mass is 430 g/mol. The molecule has 0 atom stereocenters. The number of halogens is 2. The standard InChI is InChI=1S/C17H16Cl2N2O5S/c1-26-17(23)11-6-3-4-8-13(11)20-15(22)10-21(27(2,24)25)14-9-5-7-12(18)16(14)19/h3-9H,10H2,1-2H3,(H,20,22). The highest BCUT2D eigenvalue weighted by molar-refractivity contribution is 7.92. The fourth-order valence-corrected chi connectivity index (χ4v) is 3.58. The molecule has 0 heterocycles. The van der Waals surface area contributed by atoms with Crippen LogP contribution in [0.1, 0.15) is 10.4 Å². The van der Waals surface area contributed by atoms with Gasteiger partial charge in [-0.2, -0.15) is 0 Å². The number of amides is 1. The fourth-order valence-electron chi connectivity index (χ4n) is 2.27. The summed E-state index contributed by atoms with van der Waals surface area (Å²) in [4.78, 5) is 24.2. The number of methoxy groups -OCH3 is 1. The Kier molecular flexibility index (Phi) is 6.69. The predicted octanol–water partition coefficient (Wildman–Crippen LogP) is 3.18. The molecular formula is C17H16Cl2N2O5S. The van der Waals surface area contributed by atoms with E-state index in [0.717, 1.165) is 10.6 Å². The average molecular weight is 431 g/mol. The normalized spacial score (nSPS) is 11.0. The van der Waals surface area contributed by atoms with Crippen LogP contribution in [0, 0.1) is 0 Å². The number of rotatable bonds is 6. The number of ether oxygens (including phenoxy) is 1. The number of nitrogens with one attached hydrogen (secondary N) is 1. The van der Waals surface area contributed by atoms with Crippen molar-refractivity contribution in [1.82, 2.24) is 0 Å². The number of hydrogen-bond acceptors (Lipinski definition) is 5. The van der Waals surface area contributed by atoms with Gasteiger partial charge in [-0.3, -0.25) is 9.10 Å². The molecule has 0 spiro atoms. The number of nitrogens with zero attached hydrogens (tertiary/aromatic N) is 1. The van der Waals surface area contributed by atoms with Crippen LogP contribution in [0.4, 0.5) is 11.4 Å². The molecule has 2 rings (SSSR count). The van der Waals surface area contributed by atoms with Gasteiger partial charge in [0.1, 0.15) is 6.54 Å². The first-order valence-corrected chi connectivity index (χ1v) is 10.1. The highest BCUT2D eigenvalue weighted by Crippen LogP contribution is 2.33. The van der Waals surface area contributed by atoms with Gasteiger partial charge in [0.2, 0.25) is 15.9 Å². The van der Waals surface area contributed by atoms with E-state index in [1.807, 2.05) is 0 Å². The zero-order valence-corrected chi connectivity index (χ0v) is 16.7. The number of anilines is 2. The average Bonchev–Trinajstić information content (AvgIpc) is 2.61. The van der Waals surface area contributed by atoms with Gasteiger partial charge in [0.15, 0.2) is 0 Å². The van der Waals surface area contributed by atoms with Gasteiger partial charge in [0.25, 0.3) is 0 Å². The molecule has 0 saturated heterocycles. The van der Waals surface area contributed by atoms with Crippen molar-refractivity contribution in [2.45, 2.75) is 0 Å². The van der Waals surface area contributed by atoms with Crippen molar-refractivity contribution in [2.24, 2.45) is 0 Å². The summed E-state index contributed by atoms with van der Waals surface area (Å²) in [6.45, 7) is -0.561. The van der Waals surface area contributed by atoms with Crippen LogP contribution < -0.4 is 9.62 Å². The van der Waals surface area contributed by atoms with Gasteiger partial charge in [-0.25, -0.2) is 13.2 Å². The smallest absolute Gasteiger partial charge is 0.339 e. The lowest BCUT2D eigenvalue weighted by Gasteiger charge is -2.23. The molecule has 0 radical (unpaired) electrons. The third-order valence-corrected chi connectivity index (χ3v) is 5.43. The van der Waals surface area contributed by atoms with Crippen molar-refractivity contribution in [2.75, 3.05) is 29.5 Å². The third-order valence-electron chi connectivity index (χ3n) is 3.49. The SMILES string of the molecule is COC(=O)c1ccccc1NC(=O)CN(c1cccc(Cl)c1Cl)S(C)(=O)=O. The van der Waals surface area contributed by atoms with Gasteiger partial charge in [-0.1, -0.05) is 41.4 Å². The molecule has 0 fully saturated rings. The van der Waals surface area contributed by atoms with Crippen LogP contribution in [0.15, 0.2) is 42.5 Å². The molecule has 1 N–H and O–H groups in total. The summed E-state index contributed by atoms with van der Waals surface area (Å²) in [6, 6.07) is 10.7. The molecule has 0 bridgehead atoms. The molecule has 0 aliphatic rings. The predicted molar refractivity (Wildman–Crippen MR) is 105 cm³/mol. The van der Waals surface area contributed by atoms with Gasteiger partial charge < -0.3 is 10.1 Å². The summed E-state index contributed by atoms with van der Waals surface area (Å²) in [7, 11) is -2.62. The molecule has 7 nitrogen and oxygen atoms in total. The lowest BCUT2D eigenvalue weighted by Crippen LogP contribution is -2.37. The van der Waals surface area contributed by atoms with E-state index in [2.05, 4.69) is 10.1 Å². The Bertz CT molecular complexity index is 979. The molecule has 1 amide bonds. The van der Waals surface area contributed by atoms with Crippen molar-refractivity contribution in [3.8, 4) is 0 Å². The number of sulfonamides is 1. The number of esters is 1. The van der Waals surface area contributed by atoms with E-state index >= 15 is 0 Å². The summed E-state index contributed by atoms with van der Waals surface area (Å²) in [6.07, 6.45) is 0.944. The Hall–Kier alpha value is -2.29. The second kappa shape index (κ2) is 8.60. The fraction of sp³-hybridized carbons (Fsp3) is 0.176. The van der Waals surface area contributed by atoms with Crippen LogP contribution in [0.2, 0.25) is 10.0 Å². The minimum absolute atomic E-state index is 0.00681. The highest BCUT2D eigenvalue weighted by Gasteiger charge is 2.24. The molecule has 10 heteroatoms. The van der Waals surface area contributed by atoms with Crippen molar-refractivity contribution < 1.29 is 22.7 Å². The van der Waals surface area contributed by atoms with E-state index in [-0.39, 0.29) is 27.0 Å². The van der Waals surface area contributed by atoms with Gasteiger partial charge in [0, 0.05) is 0 Å². The number of benzene rings is 2. The van der Waals surface area contributed by atoms with Gasteiger partial charge in [-0.15, -0.1) is 0 Å². The molecular weight excluding hydrogens is 415 g/mol. The van der Waals surface area contributed by atoms with Crippen LogP contribution in [0.3, 0.4) is 0 Å². The molecule has 2 aromatic rings. The first-order chi connectivity index (χ1) is 12.6. The Morgan fingerprint density at radius 1 is 1.11 bits per heavy atom. The summed E-state index contributed by atoms with van der Waals surface area (Å²) in [5.41, 5.74) is 0.406. The highest BCUT2D eigenvalue weighted by atomic mass is 35.5. The second-order valence-electron chi connectivity index (χ2n) is 5.43. The lowest BCUT2D eigenvalue weighted by atomic mass is 10.2. The number of carbonyl (C=O) groups excluding carboxylic acids is 2. The van der Waals surface area contributed by atoms with E-state index in [9.17, 15) is 18.0 Å². The molecule has 0 unspecified atom stereocenters. The Balaban J connectivity index is 2.31. The molecule has 144 valence electrons. The quantitative estimate of drug-likeness (QED) is 0.710. The van der Waals surface area contributed by atoms with Crippen LogP contribution in [-0.2, 0) is 19.6 Å². The maximum Gasteiger partial charge on any atom is 0.339 e. The first-order valence-electron chi connectivity index (χ1n) is 7.54. The Morgan fingerprint density at radius 2 is 1.78 bits per heavy atom. The molecule has 27 heavy (non-hydrogen) atoms. The molecule has 0 aromatic heterocycles. The van der Waals surface area contributed by atoms with Crippen LogP contribution in [-0.4, -0.2) is 40.2 Å². The van der Waals surface area contributed by atoms with Crippen LogP contribution >= 0.6 is 23.2 Å². The van der Waals surface area contributed by atoms with E-state index in [1.165, 1.54) is 37.4 Å². The van der Waals surface area contributed by atoms with Gasteiger partial charge in [-0.05, 0) is 24.3 Å². The summed E-state index contributed by atoms with van der Waals surface area (Å²) in [5.74, 6) is -1.31. The minimum Gasteiger partial charge on any atom is -0.465 e. The van der Waals surface area contributed by atoms with Crippen LogP contribution in [0.25, 0.3) is 0 Å². The van der Waals surface area contributed by atoms with Gasteiger partial charge in [0.05, 0.1) is 40.3 Å². The Morgan fingerprint density at radius 3 is 2.41 bits per heavy atom. The molecule has 0 saturated carbocycles. The molecule has 0 aliphatic carbocycles. The third kappa shape index (κ3) is 5.12. The van der Waals surface area contributed by atoms with E-state index in [1.54, 1.807) is 12.1 Å². The summed E-state index contributed by atoms with van der Waals surface area (Å²) in [5, 5.41) is 2.67. The van der Waals surface area contributed by atoms with Crippen LogP contribution in [0.5, 0.6) is 0 Å². The topological polar surface area (TPSA) is 92.8 Å². The maximum atomic E-state index is 12.5.